The predicted molar refractivity (Wildman–Crippen MR) is 136 cm³/mol. The van der Waals surface area contributed by atoms with Crippen LogP contribution in [0.5, 0.6) is 0 Å². The van der Waals surface area contributed by atoms with Gasteiger partial charge < -0.3 is 30.6 Å². The van der Waals surface area contributed by atoms with Crippen molar-refractivity contribution in [2.24, 2.45) is 5.41 Å². The number of carbonyl (C=O) groups is 3. The Balaban J connectivity index is -0.000000450. The number of rotatable bonds is 21. The summed E-state index contributed by atoms with van der Waals surface area (Å²) in [7, 11) is 0. The molecule has 0 unspecified atom stereocenters. The Morgan fingerprint density at radius 2 is 0.743 bits per heavy atom. The molecule has 0 rings (SSSR count). The van der Waals surface area contributed by atoms with Crippen LogP contribution in [0, 0.1) is 5.41 Å². The zero-order valence-corrected chi connectivity index (χ0v) is 22.1. The number of unbranched alkanes of at least 4 members (excludes halogenated alkanes) is 11. The van der Waals surface area contributed by atoms with Crippen molar-refractivity contribution in [3.05, 3.63) is 0 Å². The summed E-state index contributed by atoms with van der Waals surface area (Å²) in [6.07, 6.45) is 15.4. The molecule has 6 N–H and O–H groups in total. The molecule has 0 atom stereocenters. The van der Waals surface area contributed by atoms with Crippen LogP contribution in [0.3, 0.4) is 0 Å². The van der Waals surface area contributed by atoms with Crippen LogP contribution < -0.4 is 0 Å². The van der Waals surface area contributed by atoms with Crippen molar-refractivity contribution in [3.63, 3.8) is 0 Å². The lowest BCUT2D eigenvalue weighted by Gasteiger charge is -2.24. The summed E-state index contributed by atoms with van der Waals surface area (Å²) < 4.78 is 0. The number of aliphatic hydroxyl groups is 3. The number of aliphatic carboxylic acids is 3. The van der Waals surface area contributed by atoms with Gasteiger partial charge in [-0.2, -0.15) is 0 Å². The maximum absolute atomic E-state index is 10.2. The third kappa shape index (κ3) is 32.3. The monoisotopic (exact) mass is 508 g/mol. The van der Waals surface area contributed by atoms with E-state index in [2.05, 4.69) is 6.92 Å². The molecule has 0 aromatic rings. The first-order valence-corrected chi connectivity index (χ1v) is 13.1. The molecule has 0 heterocycles. The van der Waals surface area contributed by atoms with Crippen LogP contribution in [0.25, 0.3) is 0 Å². The van der Waals surface area contributed by atoms with Crippen LogP contribution in [-0.4, -0.2) is 68.4 Å². The largest absolute Gasteiger partial charge is 0.481 e. The van der Waals surface area contributed by atoms with Gasteiger partial charge >= 0.3 is 17.9 Å². The van der Waals surface area contributed by atoms with Gasteiger partial charge in [0.05, 0.1) is 19.8 Å². The lowest BCUT2D eigenvalue weighted by atomic mass is 9.88. The summed E-state index contributed by atoms with van der Waals surface area (Å²) in [6, 6.07) is 0. The average molecular weight is 509 g/mol. The maximum atomic E-state index is 10.2. The molecule has 0 aliphatic rings. The van der Waals surface area contributed by atoms with Gasteiger partial charge in [-0.05, 0) is 25.7 Å². The predicted octanol–water partition coefficient (Wildman–Crippen LogP) is 4.85. The molecule has 0 radical (unpaired) electrons. The molecule has 0 aromatic carbocycles. The van der Waals surface area contributed by atoms with Crippen molar-refractivity contribution < 1.29 is 45.0 Å². The van der Waals surface area contributed by atoms with Crippen molar-refractivity contribution in [1.82, 2.24) is 0 Å². The second-order valence-corrected chi connectivity index (χ2v) is 9.00. The van der Waals surface area contributed by atoms with Crippen LogP contribution in [-0.2, 0) is 14.4 Å². The van der Waals surface area contributed by atoms with Gasteiger partial charge in [-0.15, -0.1) is 0 Å². The zero-order chi connectivity index (χ0) is 27.4. The van der Waals surface area contributed by atoms with Gasteiger partial charge in [-0.1, -0.05) is 78.1 Å². The van der Waals surface area contributed by atoms with E-state index < -0.39 is 23.3 Å². The van der Waals surface area contributed by atoms with Crippen molar-refractivity contribution in [3.8, 4) is 0 Å². The lowest BCUT2D eigenvalue weighted by molar-refractivity contribution is -0.138. The minimum atomic E-state index is -0.784. The fourth-order valence-corrected chi connectivity index (χ4v) is 2.98. The van der Waals surface area contributed by atoms with Crippen LogP contribution in [0.1, 0.15) is 123 Å². The van der Waals surface area contributed by atoms with Gasteiger partial charge in [0.2, 0.25) is 0 Å². The number of hydrogen-bond donors (Lipinski definition) is 6. The van der Waals surface area contributed by atoms with E-state index >= 15 is 0 Å². The Morgan fingerprint density at radius 3 is 0.914 bits per heavy atom. The summed E-state index contributed by atoms with van der Waals surface area (Å²) in [6.45, 7) is 3.58. The van der Waals surface area contributed by atoms with Crippen LogP contribution in [0.2, 0.25) is 0 Å². The van der Waals surface area contributed by atoms with E-state index in [4.69, 9.17) is 30.6 Å². The molecule has 0 aliphatic carbocycles. The summed E-state index contributed by atoms with van der Waals surface area (Å²) >= 11 is 0. The first-order valence-electron chi connectivity index (χ1n) is 13.1. The third-order valence-corrected chi connectivity index (χ3v) is 5.78. The minimum absolute atomic E-state index is 0.156. The second kappa shape index (κ2) is 28.5. The molecule has 0 aromatic heterocycles. The Labute approximate surface area is 211 Å². The normalized spacial score (nSPS) is 10.5. The van der Waals surface area contributed by atoms with Crippen LogP contribution in [0.4, 0.5) is 0 Å². The SMILES string of the molecule is CCC(CO)(CO)CO.CCCCCCCCCCCC(=O)O.O=C(O)CCCCCCC(=O)O. The van der Waals surface area contributed by atoms with Gasteiger partial charge in [-0.25, -0.2) is 0 Å². The molecule has 9 heteroatoms. The molecule has 0 fully saturated rings. The highest BCUT2D eigenvalue weighted by atomic mass is 16.4. The van der Waals surface area contributed by atoms with Crippen LogP contribution in [0.15, 0.2) is 0 Å². The van der Waals surface area contributed by atoms with E-state index in [1.807, 2.05) is 6.92 Å². The van der Waals surface area contributed by atoms with Crippen molar-refractivity contribution in [1.29, 1.82) is 0 Å². The number of carboxylic acids is 3. The standard InChI is InChI=1S/C12H24O2.C8H14O4.C6H14O3/c1-2-3-4-5-6-7-8-9-10-11-12(13)14;9-7(10)5-3-1-2-4-6-8(11)12;1-2-6(3-7,4-8)5-9/h2-11H2,1H3,(H,13,14);1-6H2,(H,9,10)(H,11,12);7-9H,2-5H2,1H3. The van der Waals surface area contributed by atoms with E-state index in [9.17, 15) is 14.4 Å². The fraction of sp³-hybridized carbons (Fsp3) is 0.885. The molecule has 0 saturated heterocycles. The van der Waals surface area contributed by atoms with E-state index in [-0.39, 0.29) is 32.7 Å². The van der Waals surface area contributed by atoms with Crippen molar-refractivity contribution >= 4 is 17.9 Å². The van der Waals surface area contributed by atoms with Gasteiger partial charge in [0.15, 0.2) is 0 Å². The molecular weight excluding hydrogens is 456 g/mol. The van der Waals surface area contributed by atoms with Crippen LogP contribution >= 0.6 is 0 Å². The average Bonchev–Trinajstić information content (AvgIpc) is 2.82. The van der Waals surface area contributed by atoms with Crippen molar-refractivity contribution in [2.45, 2.75) is 123 Å². The molecule has 35 heavy (non-hydrogen) atoms. The van der Waals surface area contributed by atoms with E-state index in [0.29, 0.717) is 25.7 Å². The molecule has 9 nitrogen and oxygen atoms in total. The highest BCUT2D eigenvalue weighted by Crippen LogP contribution is 2.18. The highest BCUT2D eigenvalue weighted by Gasteiger charge is 2.24. The maximum Gasteiger partial charge on any atom is 0.303 e. The Bertz CT molecular complexity index is 456. The zero-order valence-electron chi connectivity index (χ0n) is 22.1. The first-order chi connectivity index (χ1) is 16.6. The Hall–Kier alpha value is -1.71. The summed E-state index contributed by atoms with van der Waals surface area (Å²) in [4.78, 5) is 30.3. The van der Waals surface area contributed by atoms with E-state index in [0.717, 1.165) is 25.7 Å². The Morgan fingerprint density at radius 1 is 0.486 bits per heavy atom. The highest BCUT2D eigenvalue weighted by molar-refractivity contribution is 5.67. The minimum Gasteiger partial charge on any atom is -0.481 e. The molecule has 0 bridgehead atoms. The molecule has 210 valence electrons. The molecule has 0 amide bonds. The summed E-state index contributed by atoms with van der Waals surface area (Å²) in [5, 5.41) is 50.9. The number of aliphatic hydroxyl groups excluding tert-OH is 3. The molecule has 0 saturated carbocycles. The molecule has 0 aliphatic heterocycles. The van der Waals surface area contributed by atoms with Crippen molar-refractivity contribution in [2.75, 3.05) is 19.8 Å². The van der Waals surface area contributed by atoms with Gasteiger partial charge in [-0.3, -0.25) is 14.4 Å². The van der Waals surface area contributed by atoms with E-state index in [1.165, 1.54) is 44.9 Å². The fourth-order valence-electron chi connectivity index (χ4n) is 2.98. The lowest BCUT2D eigenvalue weighted by Crippen LogP contribution is -2.32. The Kier molecular flexibility index (Phi) is 30.8. The quantitative estimate of drug-likeness (QED) is 0.118. The van der Waals surface area contributed by atoms with Gasteiger partial charge in [0.25, 0.3) is 0 Å². The molecular formula is C26H52O9. The van der Waals surface area contributed by atoms with Gasteiger partial charge in [0.1, 0.15) is 0 Å². The first kappa shape index (κ1) is 37.8. The number of carboxylic acid groups (broad SMARTS) is 3. The summed E-state index contributed by atoms with van der Waals surface area (Å²) in [5.41, 5.74) is -0.667. The van der Waals surface area contributed by atoms with E-state index in [1.54, 1.807) is 0 Å². The molecule has 0 spiro atoms. The summed E-state index contributed by atoms with van der Waals surface area (Å²) in [5.74, 6) is -2.23. The topological polar surface area (TPSA) is 173 Å². The smallest absolute Gasteiger partial charge is 0.303 e. The van der Waals surface area contributed by atoms with Gasteiger partial charge in [0, 0.05) is 24.7 Å². The third-order valence-electron chi connectivity index (χ3n) is 5.78. The number of hydrogen-bond acceptors (Lipinski definition) is 6. The second-order valence-electron chi connectivity index (χ2n) is 9.00.